The molecule has 0 spiro atoms. The van der Waals surface area contributed by atoms with Gasteiger partial charge < -0.3 is 20.0 Å². The zero-order valence-electron chi connectivity index (χ0n) is 17.3. The van der Waals surface area contributed by atoms with Crippen molar-refractivity contribution >= 4 is 11.9 Å². The summed E-state index contributed by atoms with van der Waals surface area (Å²) in [7, 11) is 3.46. The van der Waals surface area contributed by atoms with E-state index in [0.717, 1.165) is 31.5 Å². The Kier molecular flexibility index (Phi) is 5.71. The van der Waals surface area contributed by atoms with E-state index < -0.39 is 0 Å². The number of benzene rings is 1. The third kappa shape index (κ3) is 4.30. The molecule has 2 aromatic heterocycles. The van der Waals surface area contributed by atoms with Gasteiger partial charge in [-0.2, -0.15) is 0 Å². The van der Waals surface area contributed by atoms with E-state index in [4.69, 9.17) is 9.40 Å². The first-order chi connectivity index (χ1) is 14.5. The number of rotatable bonds is 5. The van der Waals surface area contributed by atoms with Gasteiger partial charge in [0.05, 0.1) is 17.6 Å². The van der Waals surface area contributed by atoms with Gasteiger partial charge in [0, 0.05) is 31.3 Å². The predicted octanol–water partition coefficient (Wildman–Crippen LogP) is 2.37. The summed E-state index contributed by atoms with van der Waals surface area (Å²) in [4.78, 5) is 22.8. The molecule has 1 aliphatic rings. The van der Waals surface area contributed by atoms with E-state index >= 15 is 0 Å². The zero-order valence-corrected chi connectivity index (χ0v) is 17.3. The first-order valence-corrected chi connectivity index (χ1v) is 9.98. The highest BCUT2D eigenvalue weighted by molar-refractivity contribution is 5.94. The molecule has 156 valence electrons. The highest BCUT2D eigenvalue weighted by Gasteiger charge is 2.19. The van der Waals surface area contributed by atoms with Gasteiger partial charge in [0.15, 0.2) is 0 Å². The van der Waals surface area contributed by atoms with Crippen molar-refractivity contribution in [1.82, 2.24) is 30.4 Å². The van der Waals surface area contributed by atoms with Crippen LogP contribution in [0.2, 0.25) is 0 Å². The van der Waals surface area contributed by atoms with Crippen LogP contribution >= 0.6 is 0 Å². The van der Waals surface area contributed by atoms with Crippen LogP contribution in [-0.4, -0.2) is 64.2 Å². The summed E-state index contributed by atoms with van der Waals surface area (Å²) in [5, 5.41) is 14.9. The standard InChI is InChI=1S/C21H25N7O2/c1-13-18(19-26-27-21(30-19)24-16-8-10-22-11-9-16)25-17(12-23-13)14-4-6-15(7-5-14)20(29)28(2)3/h4-7,12,16,22H,8-11H2,1-3H3,(H,24,27). The van der Waals surface area contributed by atoms with Crippen molar-refractivity contribution in [1.29, 1.82) is 0 Å². The number of nitrogens with zero attached hydrogens (tertiary/aromatic N) is 5. The van der Waals surface area contributed by atoms with Gasteiger partial charge in [-0.1, -0.05) is 17.2 Å². The lowest BCUT2D eigenvalue weighted by molar-refractivity contribution is 0.0827. The molecule has 1 aromatic carbocycles. The Bertz CT molecular complexity index is 1020. The van der Waals surface area contributed by atoms with Crippen molar-refractivity contribution < 1.29 is 9.21 Å². The van der Waals surface area contributed by atoms with Crippen molar-refractivity contribution in [2.24, 2.45) is 0 Å². The van der Waals surface area contributed by atoms with E-state index in [0.29, 0.717) is 40.6 Å². The van der Waals surface area contributed by atoms with Gasteiger partial charge in [0.25, 0.3) is 11.8 Å². The van der Waals surface area contributed by atoms with Crippen LogP contribution in [0.5, 0.6) is 0 Å². The molecule has 0 radical (unpaired) electrons. The summed E-state index contributed by atoms with van der Waals surface area (Å²) in [6.07, 6.45) is 3.73. The predicted molar refractivity (Wildman–Crippen MR) is 113 cm³/mol. The second-order valence-corrected chi connectivity index (χ2v) is 7.55. The maximum atomic E-state index is 12.1. The maximum absolute atomic E-state index is 12.1. The molecule has 2 N–H and O–H groups in total. The number of hydrogen-bond donors (Lipinski definition) is 2. The number of carbonyl (C=O) groups excluding carboxylic acids is 1. The third-order valence-electron chi connectivity index (χ3n) is 5.08. The average molecular weight is 407 g/mol. The molecular formula is C21H25N7O2. The second-order valence-electron chi connectivity index (χ2n) is 7.55. The molecule has 1 fully saturated rings. The van der Waals surface area contributed by atoms with Gasteiger partial charge in [0.2, 0.25) is 0 Å². The SMILES string of the molecule is Cc1ncc(-c2ccc(C(=O)N(C)C)cc2)nc1-c1nnc(NC2CCNCC2)o1. The number of carbonyl (C=O) groups is 1. The van der Waals surface area contributed by atoms with E-state index in [9.17, 15) is 4.79 Å². The summed E-state index contributed by atoms with van der Waals surface area (Å²) in [6.45, 7) is 3.81. The lowest BCUT2D eigenvalue weighted by Gasteiger charge is -2.22. The summed E-state index contributed by atoms with van der Waals surface area (Å²) in [6, 6.07) is 8.01. The molecule has 30 heavy (non-hydrogen) atoms. The van der Waals surface area contributed by atoms with Crippen LogP contribution in [0, 0.1) is 6.92 Å². The Morgan fingerprint density at radius 2 is 1.90 bits per heavy atom. The Balaban J connectivity index is 1.56. The monoisotopic (exact) mass is 407 g/mol. The number of anilines is 1. The Morgan fingerprint density at radius 1 is 1.17 bits per heavy atom. The number of aryl methyl sites for hydroxylation is 1. The lowest BCUT2D eigenvalue weighted by Crippen LogP contribution is -2.35. The molecule has 1 amide bonds. The van der Waals surface area contributed by atoms with E-state index in [2.05, 4.69) is 25.8 Å². The molecule has 9 nitrogen and oxygen atoms in total. The van der Waals surface area contributed by atoms with Crippen LogP contribution in [0.15, 0.2) is 34.9 Å². The van der Waals surface area contributed by atoms with Crippen molar-refractivity contribution in [3.63, 3.8) is 0 Å². The molecule has 9 heteroatoms. The summed E-state index contributed by atoms with van der Waals surface area (Å²) < 4.78 is 5.81. The zero-order chi connectivity index (χ0) is 21.1. The molecule has 4 rings (SSSR count). The Morgan fingerprint density at radius 3 is 2.60 bits per heavy atom. The van der Waals surface area contributed by atoms with E-state index in [1.54, 1.807) is 37.3 Å². The third-order valence-corrected chi connectivity index (χ3v) is 5.08. The molecule has 1 saturated heterocycles. The van der Waals surface area contributed by atoms with Gasteiger partial charge in [-0.05, 0) is 45.0 Å². The van der Waals surface area contributed by atoms with Gasteiger partial charge in [-0.25, -0.2) is 4.98 Å². The topological polar surface area (TPSA) is 109 Å². The summed E-state index contributed by atoms with van der Waals surface area (Å²) >= 11 is 0. The van der Waals surface area contributed by atoms with Gasteiger partial charge in [0.1, 0.15) is 5.69 Å². The van der Waals surface area contributed by atoms with Crippen LogP contribution in [0.4, 0.5) is 6.01 Å². The van der Waals surface area contributed by atoms with Gasteiger partial charge in [-0.15, -0.1) is 5.10 Å². The molecular weight excluding hydrogens is 382 g/mol. The van der Waals surface area contributed by atoms with Crippen molar-refractivity contribution in [2.75, 3.05) is 32.5 Å². The smallest absolute Gasteiger partial charge is 0.316 e. The number of aromatic nitrogens is 4. The Labute approximate surface area is 174 Å². The van der Waals surface area contributed by atoms with Crippen molar-refractivity contribution in [3.8, 4) is 22.8 Å². The van der Waals surface area contributed by atoms with Crippen LogP contribution in [0.25, 0.3) is 22.8 Å². The van der Waals surface area contributed by atoms with Crippen molar-refractivity contribution in [3.05, 3.63) is 41.7 Å². The Hall–Kier alpha value is -3.33. The van der Waals surface area contributed by atoms with E-state index in [1.807, 2.05) is 19.1 Å². The number of nitrogens with one attached hydrogen (secondary N) is 2. The van der Waals surface area contributed by atoms with Crippen LogP contribution < -0.4 is 10.6 Å². The van der Waals surface area contributed by atoms with Gasteiger partial charge in [-0.3, -0.25) is 9.78 Å². The second kappa shape index (κ2) is 8.58. The van der Waals surface area contributed by atoms with Crippen LogP contribution in [0.3, 0.4) is 0 Å². The van der Waals surface area contributed by atoms with Crippen LogP contribution in [0.1, 0.15) is 28.9 Å². The fourth-order valence-corrected chi connectivity index (χ4v) is 3.35. The fourth-order valence-electron chi connectivity index (χ4n) is 3.35. The summed E-state index contributed by atoms with van der Waals surface area (Å²) in [5.41, 5.74) is 3.40. The highest BCUT2D eigenvalue weighted by Crippen LogP contribution is 2.25. The minimum atomic E-state index is -0.0446. The normalized spacial score (nSPS) is 14.5. The fraction of sp³-hybridized carbons (Fsp3) is 0.381. The van der Waals surface area contributed by atoms with E-state index in [1.165, 1.54) is 0 Å². The van der Waals surface area contributed by atoms with Gasteiger partial charge >= 0.3 is 6.01 Å². The molecule has 3 heterocycles. The number of amides is 1. The number of hydrogen-bond acceptors (Lipinski definition) is 8. The highest BCUT2D eigenvalue weighted by atomic mass is 16.4. The minimum absolute atomic E-state index is 0.0446. The summed E-state index contributed by atoms with van der Waals surface area (Å²) in [5.74, 6) is 0.287. The molecule has 0 unspecified atom stereocenters. The van der Waals surface area contributed by atoms with E-state index in [-0.39, 0.29) is 5.91 Å². The number of piperidine rings is 1. The molecule has 1 aliphatic heterocycles. The maximum Gasteiger partial charge on any atom is 0.316 e. The molecule has 0 aliphatic carbocycles. The quantitative estimate of drug-likeness (QED) is 0.663. The largest absolute Gasteiger partial charge is 0.402 e. The van der Waals surface area contributed by atoms with Crippen LogP contribution in [-0.2, 0) is 0 Å². The lowest BCUT2D eigenvalue weighted by atomic mass is 10.1. The molecule has 3 aromatic rings. The molecule has 0 bridgehead atoms. The minimum Gasteiger partial charge on any atom is -0.402 e. The van der Waals surface area contributed by atoms with Crippen molar-refractivity contribution in [2.45, 2.75) is 25.8 Å². The average Bonchev–Trinajstić information content (AvgIpc) is 3.22. The first kappa shape index (κ1) is 20.0. The molecule has 0 atom stereocenters. The molecule has 0 saturated carbocycles. The first-order valence-electron chi connectivity index (χ1n) is 9.98.